The lowest BCUT2D eigenvalue weighted by molar-refractivity contribution is 0.0944. The molecule has 0 aromatic heterocycles. The van der Waals surface area contributed by atoms with Crippen LogP contribution in [0.1, 0.15) is 15.9 Å². The molecule has 0 saturated carbocycles. The molecule has 1 amide bonds. The first-order chi connectivity index (χ1) is 13.1. The molecule has 1 fully saturated rings. The predicted octanol–water partition coefficient (Wildman–Crippen LogP) is 2.39. The van der Waals surface area contributed by atoms with Gasteiger partial charge in [0.15, 0.2) is 0 Å². The molecule has 27 heavy (non-hydrogen) atoms. The molecule has 0 bridgehead atoms. The van der Waals surface area contributed by atoms with Crippen molar-refractivity contribution in [2.45, 2.75) is 6.54 Å². The molecule has 1 heterocycles. The molecule has 1 aliphatic heterocycles. The molecule has 144 valence electrons. The number of likely N-dealkylation sites (N-methyl/N-ethyl adjacent to an activating group) is 1. The van der Waals surface area contributed by atoms with Crippen LogP contribution < -0.4 is 19.7 Å². The van der Waals surface area contributed by atoms with Gasteiger partial charge in [-0.05, 0) is 36.9 Å². The van der Waals surface area contributed by atoms with E-state index in [1.54, 1.807) is 32.4 Å². The normalized spacial score (nSPS) is 14.7. The highest BCUT2D eigenvalue weighted by Gasteiger charge is 2.18. The van der Waals surface area contributed by atoms with E-state index >= 15 is 0 Å². The lowest BCUT2D eigenvalue weighted by atomic mass is 10.1. The highest BCUT2D eigenvalue weighted by Crippen LogP contribution is 2.28. The number of carbonyl (C=O) groups excluding carboxylic acids is 1. The van der Waals surface area contributed by atoms with Gasteiger partial charge in [-0.25, -0.2) is 0 Å². The number of nitrogens with zero attached hydrogens (tertiary/aromatic N) is 2. The summed E-state index contributed by atoms with van der Waals surface area (Å²) in [5.41, 5.74) is 2.69. The van der Waals surface area contributed by atoms with Crippen molar-refractivity contribution in [3.05, 3.63) is 53.6 Å². The van der Waals surface area contributed by atoms with E-state index < -0.39 is 0 Å². The van der Waals surface area contributed by atoms with Gasteiger partial charge in [-0.15, -0.1) is 0 Å². The number of carbonyl (C=O) groups is 1. The monoisotopic (exact) mass is 369 g/mol. The summed E-state index contributed by atoms with van der Waals surface area (Å²) in [6.45, 7) is 4.69. The molecule has 6 nitrogen and oxygen atoms in total. The first-order valence-corrected chi connectivity index (χ1v) is 9.14. The summed E-state index contributed by atoms with van der Waals surface area (Å²) >= 11 is 0. The van der Waals surface area contributed by atoms with Gasteiger partial charge in [-0.2, -0.15) is 0 Å². The first kappa shape index (κ1) is 19.0. The minimum atomic E-state index is -0.215. The number of methoxy groups -OCH3 is 2. The van der Waals surface area contributed by atoms with E-state index in [1.165, 1.54) is 5.69 Å². The molecular formula is C21H27N3O3. The first-order valence-electron chi connectivity index (χ1n) is 9.14. The maximum absolute atomic E-state index is 12.6. The number of ether oxygens (including phenoxy) is 2. The number of hydrogen-bond acceptors (Lipinski definition) is 5. The summed E-state index contributed by atoms with van der Waals surface area (Å²) in [5, 5.41) is 2.95. The Hall–Kier alpha value is -2.73. The van der Waals surface area contributed by atoms with Crippen LogP contribution in [0.15, 0.2) is 42.5 Å². The fourth-order valence-corrected chi connectivity index (χ4v) is 3.23. The Morgan fingerprint density at radius 3 is 2.11 bits per heavy atom. The third-order valence-corrected chi connectivity index (χ3v) is 4.91. The number of piperazine rings is 1. The van der Waals surface area contributed by atoms with Crippen LogP contribution in [0.4, 0.5) is 5.69 Å². The average Bonchev–Trinajstić information content (AvgIpc) is 2.72. The van der Waals surface area contributed by atoms with Crippen molar-refractivity contribution in [1.82, 2.24) is 10.2 Å². The Balaban J connectivity index is 1.63. The van der Waals surface area contributed by atoms with E-state index in [0.717, 1.165) is 31.7 Å². The quantitative estimate of drug-likeness (QED) is 0.847. The van der Waals surface area contributed by atoms with E-state index in [2.05, 4.69) is 46.4 Å². The van der Waals surface area contributed by atoms with Crippen LogP contribution in [0.3, 0.4) is 0 Å². The van der Waals surface area contributed by atoms with Crippen LogP contribution in [0, 0.1) is 0 Å². The van der Waals surface area contributed by atoms with E-state index in [9.17, 15) is 4.79 Å². The zero-order chi connectivity index (χ0) is 19.2. The number of benzene rings is 2. The number of rotatable bonds is 6. The van der Waals surface area contributed by atoms with Crippen molar-refractivity contribution < 1.29 is 14.3 Å². The van der Waals surface area contributed by atoms with Gasteiger partial charge in [0.05, 0.1) is 14.2 Å². The van der Waals surface area contributed by atoms with E-state index in [-0.39, 0.29) is 5.91 Å². The average molecular weight is 369 g/mol. The number of anilines is 1. The predicted molar refractivity (Wildman–Crippen MR) is 107 cm³/mol. The third kappa shape index (κ3) is 4.52. The Morgan fingerprint density at radius 2 is 1.56 bits per heavy atom. The summed E-state index contributed by atoms with van der Waals surface area (Å²) in [6.07, 6.45) is 0. The minimum Gasteiger partial charge on any atom is -0.496 e. The van der Waals surface area contributed by atoms with Crippen molar-refractivity contribution in [3.8, 4) is 11.5 Å². The maximum Gasteiger partial charge on any atom is 0.259 e. The summed E-state index contributed by atoms with van der Waals surface area (Å²) in [5.74, 6) is 0.780. The minimum absolute atomic E-state index is 0.215. The summed E-state index contributed by atoms with van der Waals surface area (Å²) in [6, 6.07) is 13.7. The summed E-state index contributed by atoms with van der Waals surface area (Å²) in [7, 11) is 5.24. The van der Waals surface area contributed by atoms with Crippen LogP contribution in [0.2, 0.25) is 0 Å². The van der Waals surface area contributed by atoms with Crippen molar-refractivity contribution in [3.63, 3.8) is 0 Å². The van der Waals surface area contributed by atoms with Crippen LogP contribution in [-0.4, -0.2) is 58.3 Å². The standard InChI is InChI=1S/C21H27N3O3/c1-23-11-13-24(14-12-23)17-9-7-16(8-10-17)15-22-21(25)20-18(26-2)5-4-6-19(20)27-3/h4-10H,11-15H2,1-3H3,(H,22,25). The van der Waals surface area contributed by atoms with Crippen LogP contribution in [0.25, 0.3) is 0 Å². The topological polar surface area (TPSA) is 54.0 Å². The SMILES string of the molecule is COc1cccc(OC)c1C(=O)NCc1ccc(N2CCN(C)CC2)cc1. The van der Waals surface area contributed by atoms with Gasteiger partial charge in [0.25, 0.3) is 5.91 Å². The highest BCUT2D eigenvalue weighted by molar-refractivity contribution is 5.99. The smallest absolute Gasteiger partial charge is 0.259 e. The molecule has 0 radical (unpaired) electrons. The van der Waals surface area contributed by atoms with Crippen molar-refractivity contribution >= 4 is 11.6 Å². The lowest BCUT2D eigenvalue weighted by Crippen LogP contribution is -2.44. The molecule has 3 rings (SSSR count). The number of hydrogen-bond donors (Lipinski definition) is 1. The van der Waals surface area contributed by atoms with Crippen molar-refractivity contribution in [2.24, 2.45) is 0 Å². The molecule has 0 unspecified atom stereocenters. The maximum atomic E-state index is 12.6. The van der Waals surface area contributed by atoms with Gasteiger partial charge in [-0.1, -0.05) is 18.2 Å². The van der Waals surface area contributed by atoms with Gasteiger partial charge in [0.2, 0.25) is 0 Å². The third-order valence-electron chi connectivity index (χ3n) is 4.91. The van der Waals surface area contributed by atoms with E-state index in [1.807, 2.05) is 0 Å². The van der Waals surface area contributed by atoms with Crippen LogP contribution >= 0.6 is 0 Å². The molecule has 0 spiro atoms. The molecular weight excluding hydrogens is 342 g/mol. The molecule has 6 heteroatoms. The largest absolute Gasteiger partial charge is 0.496 e. The molecule has 1 N–H and O–H groups in total. The van der Waals surface area contributed by atoms with Crippen molar-refractivity contribution in [2.75, 3.05) is 52.3 Å². The van der Waals surface area contributed by atoms with E-state index in [4.69, 9.17) is 9.47 Å². The highest BCUT2D eigenvalue weighted by atomic mass is 16.5. The van der Waals surface area contributed by atoms with Gasteiger partial charge < -0.3 is 24.6 Å². The molecule has 0 atom stereocenters. The molecule has 2 aromatic carbocycles. The summed E-state index contributed by atoms with van der Waals surface area (Å²) < 4.78 is 10.6. The van der Waals surface area contributed by atoms with Crippen LogP contribution in [-0.2, 0) is 6.54 Å². The second-order valence-corrected chi connectivity index (χ2v) is 6.68. The summed E-state index contributed by atoms with van der Waals surface area (Å²) in [4.78, 5) is 17.4. The molecule has 0 aliphatic carbocycles. The second-order valence-electron chi connectivity index (χ2n) is 6.68. The Morgan fingerprint density at radius 1 is 0.963 bits per heavy atom. The zero-order valence-corrected chi connectivity index (χ0v) is 16.2. The number of nitrogens with one attached hydrogen (secondary N) is 1. The Labute approximate surface area is 160 Å². The van der Waals surface area contributed by atoms with Gasteiger partial charge in [-0.3, -0.25) is 4.79 Å². The van der Waals surface area contributed by atoms with E-state index in [0.29, 0.717) is 23.6 Å². The Kier molecular flexibility index (Phi) is 6.19. The zero-order valence-electron chi connectivity index (χ0n) is 16.2. The number of amides is 1. The lowest BCUT2D eigenvalue weighted by Gasteiger charge is -2.34. The van der Waals surface area contributed by atoms with Crippen LogP contribution in [0.5, 0.6) is 11.5 Å². The molecule has 2 aromatic rings. The fraction of sp³-hybridized carbons (Fsp3) is 0.381. The van der Waals surface area contributed by atoms with Crippen molar-refractivity contribution in [1.29, 1.82) is 0 Å². The Bertz CT molecular complexity index is 746. The molecule has 1 aliphatic rings. The molecule has 1 saturated heterocycles. The fourth-order valence-electron chi connectivity index (χ4n) is 3.23. The van der Waals surface area contributed by atoms with Gasteiger partial charge in [0, 0.05) is 38.4 Å². The van der Waals surface area contributed by atoms with Gasteiger partial charge >= 0.3 is 0 Å². The second kappa shape index (κ2) is 8.77. The van der Waals surface area contributed by atoms with Gasteiger partial charge in [0.1, 0.15) is 17.1 Å².